The summed E-state index contributed by atoms with van der Waals surface area (Å²) in [4.78, 5) is 11.9. The molecule has 1 aliphatic heterocycles. The summed E-state index contributed by atoms with van der Waals surface area (Å²) >= 11 is 0. The summed E-state index contributed by atoms with van der Waals surface area (Å²) in [5, 5.41) is 7.13. The van der Waals surface area contributed by atoms with Gasteiger partial charge in [-0.3, -0.25) is 9.48 Å². The van der Waals surface area contributed by atoms with E-state index in [9.17, 15) is 4.79 Å². The van der Waals surface area contributed by atoms with Crippen molar-refractivity contribution in [2.24, 2.45) is 12.5 Å². The fraction of sp³-hybridized carbons (Fsp3) is 0.667. The fourth-order valence-corrected chi connectivity index (χ4v) is 1.92. The summed E-state index contributed by atoms with van der Waals surface area (Å²) in [6.07, 6.45) is 4.60. The quantitative estimate of drug-likeness (QED) is 0.830. The van der Waals surface area contributed by atoms with Crippen LogP contribution < -0.4 is 5.32 Å². The molecule has 0 aliphatic carbocycles. The van der Waals surface area contributed by atoms with E-state index in [1.807, 2.05) is 33.3 Å². The van der Waals surface area contributed by atoms with Gasteiger partial charge < -0.3 is 10.1 Å². The molecule has 1 atom stereocenters. The highest BCUT2D eigenvalue weighted by atomic mass is 16.5. The molecule has 1 amide bonds. The molecule has 0 bridgehead atoms. The number of amides is 1. The van der Waals surface area contributed by atoms with Crippen molar-refractivity contribution in [1.82, 2.24) is 15.1 Å². The number of aromatic nitrogens is 2. The van der Waals surface area contributed by atoms with Crippen LogP contribution in [0.3, 0.4) is 0 Å². The molecule has 1 fully saturated rings. The van der Waals surface area contributed by atoms with E-state index in [0.29, 0.717) is 13.2 Å². The minimum atomic E-state index is -0.330. The Bertz CT molecular complexity index is 410. The summed E-state index contributed by atoms with van der Waals surface area (Å²) in [6.45, 7) is 4.99. The second kappa shape index (κ2) is 4.49. The number of hydrogen-bond donors (Lipinski definition) is 1. The van der Waals surface area contributed by atoms with Crippen molar-refractivity contribution in [2.75, 3.05) is 13.2 Å². The molecule has 2 rings (SSSR count). The van der Waals surface area contributed by atoms with Crippen LogP contribution in [0, 0.1) is 5.41 Å². The number of hydrogen-bond acceptors (Lipinski definition) is 3. The van der Waals surface area contributed by atoms with Crippen LogP contribution in [-0.4, -0.2) is 34.9 Å². The Labute approximate surface area is 101 Å². The minimum Gasteiger partial charge on any atom is -0.379 e. The lowest BCUT2D eigenvalue weighted by Crippen LogP contribution is -2.54. The third-order valence-electron chi connectivity index (χ3n) is 3.07. The zero-order valence-corrected chi connectivity index (χ0v) is 10.6. The van der Waals surface area contributed by atoms with E-state index in [-0.39, 0.29) is 17.4 Å². The standard InChI is InChI=1S/C12H19N3O2/c1-9(4-10-5-13-15(3)6-10)14-11(16)12(2)7-17-8-12/h5-6,9H,4,7-8H2,1-3H3,(H,14,16). The van der Waals surface area contributed by atoms with Gasteiger partial charge in [0.15, 0.2) is 0 Å². The molecule has 5 nitrogen and oxygen atoms in total. The van der Waals surface area contributed by atoms with Crippen LogP contribution >= 0.6 is 0 Å². The SMILES string of the molecule is CC(Cc1cnn(C)c1)NC(=O)C1(C)COC1. The average Bonchev–Trinajstić information content (AvgIpc) is 2.60. The Morgan fingerprint density at radius 1 is 1.71 bits per heavy atom. The molecule has 1 aromatic heterocycles. The highest BCUT2D eigenvalue weighted by Gasteiger charge is 2.41. The van der Waals surface area contributed by atoms with Crippen molar-refractivity contribution in [3.63, 3.8) is 0 Å². The van der Waals surface area contributed by atoms with Gasteiger partial charge in [-0.05, 0) is 25.8 Å². The maximum absolute atomic E-state index is 11.9. The molecular formula is C12H19N3O2. The molecule has 1 unspecified atom stereocenters. The van der Waals surface area contributed by atoms with Crippen LogP contribution in [0.4, 0.5) is 0 Å². The van der Waals surface area contributed by atoms with E-state index < -0.39 is 0 Å². The van der Waals surface area contributed by atoms with E-state index in [2.05, 4.69) is 10.4 Å². The Morgan fingerprint density at radius 3 is 2.88 bits per heavy atom. The first kappa shape index (κ1) is 12.1. The summed E-state index contributed by atoms with van der Waals surface area (Å²) in [5.41, 5.74) is 0.804. The van der Waals surface area contributed by atoms with Crippen molar-refractivity contribution in [2.45, 2.75) is 26.3 Å². The van der Waals surface area contributed by atoms with Crippen LogP contribution in [0.2, 0.25) is 0 Å². The highest BCUT2D eigenvalue weighted by Crippen LogP contribution is 2.26. The van der Waals surface area contributed by atoms with Crippen molar-refractivity contribution >= 4 is 5.91 Å². The molecule has 94 valence electrons. The van der Waals surface area contributed by atoms with Crippen molar-refractivity contribution in [3.05, 3.63) is 18.0 Å². The maximum atomic E-state index is 11.9. The Kier molecular flexibility index (Phi) is 3.19. The third kappa shape index (κ3) is 2.66. The molecule has 1 saturated heterocycles. The van der Waals surface area contributed by atoms with E-state index in [4.69, 9.17) is 4.74 Å². The van der Waals surface area contributed by atoms with Crippen molar-refractivity contribution in [1.29, 1.82) is 0 Å². The zero-order valence-electron chi connectivity index (χ0n) is 10.6. The lowest BCUT2D eigenvalue weighted by Gasteiger charge is -2.37. The molecule has 1 aromatic rings. The monoisotopic (exact) mass is 237 g/mol. The number of ether oxygens (including phenoxy) is 1. The summed E-state index contributed by atoms with van der Waals surface area (Å²) in [5.74, 6) is 0.0835. The molecule has 2 heterocycles. The Balaban J connectivity index is 1.84. The van der Waals surface area contributed by atoms with Gasteiger partial charge in [0.1, 0.15) is 0 Å². The predicted octanol–water partition coefficient (Wildman–Crippen LogP) is 0.504. The second-order valence-corrected chi connectivity index (χ2v) is 5.15. The predicted molar refractivity (Wildman–Crippen MR) is 63.4 cm³/mol. The van der Waals surface area contributed by atoms with Gasteiger partial charge in [-0.25, -0.2) is 0 Å². The van der Waals surface area contributed by atoms with Crippen LogP contribution in [0.5, 0.6) is 0 Å². The molecule has 1 aliphatic rings. The van der Waals surface area contributed by atoms with Crippen LogP contribution in [0.25, 0.3) is 0 Å². The van der Waals surface area contributed by atoms with Crippen LogP contribution in [0.15, 0.2) is 12.4 Å². The number of nitrogens with one attached hydrogen (secondary N) is 1. The van der Waals surface area contributed by atoms with Gasteiger partial charge >= 0.3 is 0 Å². The zero-order chi connectivity index (χ0) is 12.5. The van der Waals surface area contributed by atoms with Gasteiger partial charge in [-0.2, -0.15) is 5.10 Å². The molecule has 0 radical (unpaired) electrons. The van der Waals surface area contributed by atoms with Gasteiger partial charge in [-0.15, -0.1) is 0 Å². The third-order valence-corrected chi connectivity index (χ3v) is 3.07. The topological polar surface area (TPSA) is 56.2 Å². The Morgan fingerprint density at radius 2 is 2.41 bits per heavy atom. The van der Waals surface area contributed by atoms with Gasteiger partial charge in [0.25, 0.3) is 0 Å². The van der Waals surface area contributed by atoms with E-state index in [0.717, 1.165) is 12.0 Å². The first-order valence-corrected chi connectivity index (χ1v) is 5.86. The summed E-state index contributed by atoms with van der Waals surface area (Å²) in [7, 11) is 1.89. The normalized spacial score (nSPS) is 19.5. The number of carbonyl (C=O) groups is 1. The summed E-state index contributed by atoms with van der Waals surface area (Å²) in [6, 6.07) is 0.115. The fourth-order valence-electron chi connectivity index (χ4n) is 1.92. The largest absolute Gasteiger partial charge is 0.379 e. The van der Waals surface area contributed by atoms with Gasteiger partial charge in [0.05, 0.1) is 24.8 Å². The molecule has 0 spiro atoms. The molecule has 5 heteroatoms. The number of aryl methyl sites for hydroxylation is 1. The minimum absolute atomic E-state index is 0.0835. The van der Waals surface area contributed by atoms with E-state index in [1.54, 1.807) is 4.68 Å². The summed E-state index contributed by atoms with van der Waals surface area (Å²) < 4.78 is 6.86. The smallest absolute Gasteiger partial charge is 0.230 e. The molecule has 0 saturated carbocycles. The van der Waals surface area contributed by atoms with Gasteiger partial charge in [-0.1, -0.05) is 0 Å². The van der Waals surface area contributed by atoms with Crippen LogP contribution in [-0.2, 0) is 23.0 Å². The average molecular weight is 237 g/mol. The lowest BCUT2D eigenvalue weighted by atomic mass is 9.87. The van der Waals surface area contributed by atoms with Crippen molar-refractivity contribution in [3.8, 4) is 0 Å². The lowest BCUT2D eigenvalue weighted by molar-refractivity contribution is -0.158. The molecular weight excluding hydrogens is 218 g/mol. The Hall–Kier alpha value is -1.36. The van der Waals surface area contributed by atoms with E-state index in [1.165, 1.54) is 0 Å². The van der Waals surface area contributed by atoms with Crippen LogP contribution in [0.1, 0.15) is 19.4 Å². The maximum Gasteiger partial charge on any atom is 0.230 e. The number of nitrogens with zero attached hydrogens (tertiary/aromatic N) is 2. The highest BCUT2D eigenvalue weighted by molar-refractivity contribution is 5.83. The first-order chi connectivity index (χ1) is 7.99. The molecule has 17 heavy (non-hydrogen) atoms. The molecule has 1 N–H and O–H groups in total. The van der Waals surface area contributed by atoms with Gasteiger partial charge in [0, 0.05) is 19.3 Å². The number of carbonyl (C=O) groups excluding carboxylic acids is 1. The second-order valence-electron chi connectivity index (χ2n) is 5.15. The van der Waals surface area contributed by atoms with Crippen molar-refractivity contribution < 1.29 is 9.53 Å². The van der Waals surface area contributed by atoms with E-state index >= 15 is 0 Å². The molecule has 0 aromatic carbocycles. The first-order valence-electron chi connectivity index (χ1n) is 5.86. The number of rotatable bonds is 4. The van der Waals surface area contributed by atoms with Gasteiger partial charge in [0.2, 0.25) is 5.91 Å².